The van der Waals surface area contributed by atoms with Gasteiger partial charge in [0.15, 0.2) is 0 Å². The number of pyridine rings is 1. The molecule has 0 spiro atoms. The van der Waals surface area contributed by atoms with E-state index in [4.69, 9.17) is 16.3 Å². The fraction of sp³-hybridized carbons (Fsp3) is 0.278. The second-order valence-corrected chi connectivity index (χ2v) is 13.9. The molecule has 4 amide bonds. The van der Waals surface area contributed by atoms with Crippen molar-refractivity contribution < 1.29 is 37.4 Å². The Hall–Kier alpha value is -5.30. The molecule has 264 valence electrons. The molecule has 50 heavy (non-hydrogen) atoms. The minimum atomic E-state index is -4.68. The Bertz CT molecular complexity index is 1870. The highest BCUT2D eigenvalue weighted by molar-refractivity contribution is 6.31. The van der Waals surface area contributed by atoms with E-state index >= 15 is 0 Å². The number of amides is 4. The molecule has 1 aromatic heterocycles. The van der Waals surface area contributed by atoms with Crippen LogP contribution in [-0.4, -0.2) is 27.9 Å². The molecule has 0 aliphatic heterocycles. The maximum Gasteiger partial charge on any atom is 0.417 e. The van der Waals surface area contributed by atoms with Crippen molar-refractivity contribution in [3.05, 3.63) is 106 Å². The van der Waals surface area contributed by atoms with Crippen molar-refractivity contribution in [2.45, 2.75) is 65.0 Å². The number of nitrogens with zero attached hydrogens (tertiary/aromatic N) is 1. The Morgan fingerprint density at radius 2 is 1.34 bits per heavy atom. The average molecular weight is 712 g/mol. The van der Waals surface area contributed by atoms with Crippen molar-refractivity contribution in [2.24, 2.45) is 0 Å². The van der Waals surface area contributed by atoms with Crippen LogP contribution in [0.5, 0.6) is 17.2 Å². The van der Waals surface area contributed by atoms with E-state index in [0.717, 1.165) is 12.1 Å². The van der Waals surface area contributed by atoms with Gasteiger partial charge in [0.2, 0.25) is 5.91 Å². The second-order valence-electron chi connectivity index (χ2n) is 13.5. The van der Waals surface area contributed by atoms with Crippen molar-refractivity contribution in [3.8, 4) is 17.2 Å². The molecule has 0 aliphatic rings. The number of aromatic hydroxyl groups is 1. The lowest BCUT2D eigenvalue weighted by atomic mass is 9.78. The third-order valence-electron chi connectivity index (χ3n) is 7.31. The number of anilines is 2. The molecule has 0 saturated carbocycles. The largest absolute Gasteiger partial charge is 0.507 e. The number of carbonyl (C=O) groups is 3. The molecule has 0 aliphatic carbocycles. The van der Waals surface area contributed by atoms with E-state index < -0.39 is 34.6 Å². The van der Waals surface area contributed by atoms with Crippen molar-refractivity contribution in [1.82, 2.24) is 15.8 Å². The molecule has 0 atom stereocenters. The fourth-order valence-corrected chi connectivity index (χ4v) is 5.04. The molecule has 14 heteroatoms. The van der Waals surface area contributed by atoms with Crippen molar-refractivity contribution in [3.63, 3.8) is 0 Å². The third-order valence-corrected chi connectivity index (χ3v) is 7.64. The average Bonchev–Trinajstić information content (AvgIpc) is 3.01. The highest BCUT2D eigenvalue weighted by Gasteiger charge is 2.33. The van der Waals surface area contributed by atoms with Gasteiger partial charge < -0.3 is 20.5 Å². The molecular formula is C36H37ClF3N5O5. The number of halogens is 4. The molecule has 1 heterocycles. The number of hydrogen-bond acceptors (Lipinski definition) is 6. The van der Waals surface area contributed by atoms with Crippen LogP contribution in [-0.2, 0) is 28.2 Å². The smallest absolute Gasteiger partial charge is 0.417 e. The minimum absolute atomic E-state index is 0.0386. The van der Waals surface area contributed by atoms with Crippen LogP contribution in [0.3, 0.4) is 0 Å². The van der Waals surface area contributed by atoms with Gasteiger partial charge in [-0.2, -0.15) is 13.2 Å². The zero-order valence-electron chi connectivity index (χ0n) is 28.2. The summed E-state index contributed by atoms with van der Waals surface area (Å²) in [4.78, 5) is 42.0. The predicted molar refractivity (Wildman–Crippen MR) is 185 cm³/mol. The Balaban J connectivity index is 1.33. The minimum Gasteiger partial charge on any atom is -0.507 e. The van der Waals surface area contributed by atoms with Crippen LogP contribution in [0, 0.1) is 0 Å². The first-order valence-electron chi connectivity index (χ1n) is 15.4. The van der Waals surface area contributed by atoms with Crippen LogP contribution >= 0.6 is 11.6 Å². The molecular weight excluding hydrogens is 675 g/mol. The van der Waals surface area contributed by atoms with Gasteiger partial charge in [0.1, 0.15) is 22.9 Å². The van der Waals surface area contributed by atoms with E-state index in [0.29, 0.717) is 28.1 Å². The number of hydrogen-bond donors (Lipinski definition) is 5. The molecule has 5 N–H and O–H groups in total. The summed E-state index contributed by atoms with van der Waals surface area (Å²) in [6, 6.07) is 14.8. The molecule has 10 nitrogen and oxygen atoms in total. The van der Waals surface area contributed by atoms with Gasteiger partial charge in [-0.05, 0) is 76.1 Å². The number of rotatable bonds is 7. The molecule has 0 saturated heterocycles. The van der Waals surface area contributed by atoms with Gasteiger partial charge in [0, 0.05) is 23.6 Å². The number of aromatic nitrogens is 1. The zero-order chi connectivity index (χ0) is 37.0. The van der Waals surface area contributed by atoms with E-state index in [1.165, 1.54) is 48.7 Å². The first-order valence-corrected chi connectivity index (χ1v) is 15.7. The van der Waals surface area contributed by atoms with Gasteiger partial charge in [-0.15, -0.1) is 0 Å². The molecule has 3 aromatic carbocycles. The predicted octanol–water partition coefficient (Wildman–Crippen LogP) is 8.49. The van der Waals surface area contributed by atoms with Gasteiger partial charge in [0.05, 0.1) is 17.0 Å². The van der Waals surface area contributed by atoms with Crippen molar-refractivity contribution >= 4 is 40.8 Å². The van der Waals surface area contributed by atoms with E-state index in [1.54, 1.807) is 12.1 Å². The van der Waals surface area contributed by atoms with Gasteiger partial charge in [0.25, 0.3) is 5.91 Å². The number of alkyl halides is 3. The fourth-order valence-electron chi connectivity index (χ4n) is 4.81. The summed E-state index contributed by atoms with van der Waals surface area (Å²) in [6.07, 6.45) is -3.37. The Morgan fingerprint density at radius 1 is 0.760 bits per heavy atom. The van der Waals surface area contributed by atoms with E-state index in [1.807, 2.05) is 41.5 Å². The SMILES string of the molecule is CC(C)(C)c1cc(CC(=O)NNC(=O)c2cc(Oc3ccc(NC(=O)Nc4ccc(Cl)c(C(F)(F)F)c4)cc3)ccn2)cc(C(C)(C)C)c1O. The van der Waals surface area contributed by atoms with Gasteiger partial charge in [-0.25, -0.2) is 4.79 Å². The Kier molecular flexibility index (Phi) is 11.0. The van der Waals surface area contributed by atoms with Crippen LogP contribution in [0.4, 0.5) is 29.3 Å². The Labute approximate surface area is 292 Å². The summed E-state index contributed by atoms with van der Waals surface area (Å²) in [5.74, 6) is -0.361. The normalized spacial score (nSPS) is 11.8. The molecule has 0 unspecified atom stereocenters. The first kappa shape index (κ1) is 37.5. The van der Waals surface area contributed by atoms with Crippen LogP contribution in [0.15, 0.2) is 72.9 Å². The highest BCUT2D eigenvalue weighted by atomic mass is 35.5. The number of phenols is 1. The number of nitrogens with one attached hydrogen (secondary N) is 4. The summed E-state index contributed by atoms with van der Waals surface area (Å²) in [5.41, 5.74) is 5.24. The molecule has 0 fully saturated rings. The van der Waals surface area contributed by atoms with Crippen LogP contribution in [0.1, 0.15) is 74.3 Å². The lowest BCUT2D eigenvalue weighted by molar-refractivity contribution is -0.137. The summed E-state index contributed by atoms with van der Waals surface area (Å²) in [7, 11) is 0. The first-order chi connectivity index (χ1) is 23.2. The number of ether oxygens (including phenoxy) is 1. The number of urea groups is 1. The van der Waals surface area contributed by atoms with Crippen LogP contribution in [0.25, 0.3) is 0 Å². The Morgan fingerprint density at radius 3 is 1.92 bits per heavy atom. The standard InChI is InChI=1S/C36H37ClF3N5O5/c1-34(2,3)26-15-20(16-27(31(26)47)35(4,5)6)17-30(46)44-45-32(48)29-19-24(13-14-41-29)50-23-10-7-21(8-11-23)42-33(49)43-22-9-12-28(37)25(18-22)36(38,39)40/h7-16,18-19,47H,17H2,1-6H3,(H,44,46)(H,45,48)(H2,42,43,49). The van der Waals surface area contributed by atoms with Crippen LogP contribution in [0.2, 0.25) is 5.02 Å². The number of benzene rings is 3. The highest BCUT2D eigenvalue weighted by Crippen LogP contribution is 2.40. The monoisotopic (exact) mass is 711 g/mol. The summed E-state index contributed by atoms with van der Waals surface area (Å²) in [5, 5.41) is 15.3. The molecule has 0 bridgehead atoms. The van der Waals surface area contributed by atoms with Gasteiger partial charge >= 0.3 is 12.2 Å². The van der Waals surface area contributed by atoms with Crippen LogP contribution < -0.4 is 26.2 Å². The van der Waals surface area contributed by atoms with Gasteiger partial charge in [-0.1, -0.05) is 65.3 Å². The lowest BCUT2D eigenvalue weighted by Crippen LogP contribution is -2.42. The topological polar surface area (TPSA) is 142 Å². The number of phenolic OH excluding ortho intramolecular Hbond substituents is 1. The zero-order valence-corrected chi connectivity index (χ0v) is 28.9. The summed E-state index contributed by atoms with van der Waals surface area (Å²) >= 11 is 5.62. The second kappa shape index (κ2) is 14.7. The number of carbonyl (C=O) groups excluding carboxylic acids is 3. The molecule has 4 rings (SSSR count). The van der Waals surface area contributed by atoms with E-state index in [2.05, 4.69) is 26.5 Å². The van der Waals surface area contributed by atoms with Gasteiger partial charge in [-0.3, -0.25) is 25.4 Å². The van der Waals surface area contributed by atoms with Crippen molar-refractivity contribution in [2.75, 3.05) is 10.6 Å². The maximum atomic E-state index is 13.1. The number of hydrazine groups is 1. The quantitative estimate of drug-likeness (QED) is 0.122. The van der Waals surface area contributed by atoms with E-state index in [-0.39, 0.29) is 40.1 Å². The van der Waals surface area contributed by atoms with Crippen molar-refractivity contribution in [1.29, 1.82) is 0 Å². The molecule has 0 radical (unpaired) electrons. The maximum absolute atomic E-state index is 13.1. The lowest BCUT2D eigenvalue weighted by Gasteiger charge is -2.28. The van der Waals surface area contributed by atoms with E-state index in [9.17, 15) is 32.7 Å². The third kappa shape index (κ3) is 9.88. The summed E-state index contributed by atoms with van der Waals surface area (Å²) < 4.78 is 45.1. The molecule has 4 aromatic rings. The summed E-state index contributed by atoms with van der Waals surface area (Å²) in [6.45, 7) is 11.9.